The monoisotopic (exact) mass is 314 g/mol. The standard InChI is InChI=1S/C18H22N2O3/c1-3-10-20(18(22)15-9-11-23-13-15)14(2)12-17(21)19-16-7-5-4-6-8-16/h4-9,11,13-14H,3,10,12H2,1-2H3,(H,19,21)/t14-/m0/s1. The molecule has 1 N–H and O–H groups in total. The number of nitrogens with zero attached hydrogens (tertiary/aromatic N) is 1. The third kappa shape index (κ3) is 4.71. The Morgan fingerprint density at radius 2 is 1.96 bits per heavy atom. The van der Waals surface area contributed by atoms with E-state index in [-0.39, 0.29) is 24.3 Å². The second kappa shape index (κ2) is 8.17. The van der Waals surface area contributed by atoms with Crippen LogP contribution in [0.5, 0.6) is 0 Å². The normalized spacial score (nSPS) is 11.7. The van der Waals surface area contributed by atoms with Crippen molar-refractivity contribution in [1.29, 1.82) is 0 Å². The molecule has 0 aliphatic rings. The summed E-state index contributed by atoms with van der Waals surface area (Å²) in [6, 6.07) is 10.7. The summed E-state index contributed by atoms with van der Waals surface area (Å²) in [5, 5.41) is 2.85. The number of carbonyl (C=O) groups excluding carboxylic acids is 2. The van der Waals surface area contributed by atoms with Gasteiger partial charge in [0.15, 0.2) is 0 Å². The lowest BCUT2D eigenvalue weighted by Crippen LogP contribution is -2.41. The van der Waals surface area contributed by atoms with Crippen LogP contribution < -0.4 is 5.32 Å². The number of hydrogen-bond acceptors (Lipinski definition) is 3. The van der Waals surface area contributed by atoms with Gasteiger partial charge in [-0.05, 0) is 31.5 Å². The Bertz CT molecular complexity index is 623. The molecule has 0 radical (unpaired) electrons. The van der Waals surface area contributed by atoms with E-state index in [0.717, 1.165) is 12.1 Å². The van der Waals surface area contributed by atoms with E-state index in [2.05, 4.69) is 5.32 Å². The lowest BCUT2D eigenvalue weighted by atomic mass is 10.1. The topological polar surface area (TPSA) is 62.6 Å². The summed E-state index contributed by atoms with van der Waals surface area (Å²) in [5.74, 6) is -0.217. The molecule has 5 heteroatoms. The second-order valence-corrected chi connectivity index (χ2v) is 5.48. The number of hydrogen-bond donors (Lipinski definition) is 1. The Morgan fingerprint density at radius 1 is 1.22 bits per heavy atom. The minimum absolute atomic E-state index is 0.107. The number of amides is 2. The molecule has 122 valence electrons. The van der Waals surface area contributed by atoms with Gasteiger partial charge in [0.1, 0.15) is 6.26 Å². The number of benzene rings is 1. The minimum Gasteiger partial charge on any atom is -0.472 e. The van der Waals surface area contributed by atoms with Crippen LogP contribution in [0.2, 0.25) is 0 Å². The molecule has 2 amide bonds. The summed E-state index contributed by atoms with van der Waals surface area (Å²) in [6.07, 6.45) is 3.98. The lowest BCUT2D eigenvalue weighted by molar-refractivity contribution is -0.117. The number of nitrogens with one attached hydrogen (secondary N) is 1. The molecule has 0 unspecified atom stereocenters. The molecule has 0 fully saturated rings. The second-order valence-electron chi connectivity index (χ2n) is 5.48. The Labute approximate surface area is 136 Å². The predicted molar refractivity (Wildman–Crippen MR) is 89.2 cm³/mol. The highest BCUT2D eigenvalue weighted by atomic mass is 16.3. The molecule has 1 heterocycles. The maximum absolute atomic E-state index is 12.5. The molecule has 0 saturated carbocycles. The summed E-state index contributed by atoms with van der Waals surface area (Å²) in [4.78, 5) is 26.4. The average molecular weight is 314 g/mol. The Hall–Kier alpha value is -2.56. The van der Waals surface area contributed by atoms with E-state index >= 15 is 0 Å². The van der Waals surface area contributed by atoms with Crippen molar-refractivity contribution in [2.45, 2.75) is 32.7 Å². The van der Waals surface area contributed by atoms with Crippen molar-refractivity contribution in [3.8, 4) is 0 Å². The van der Waals surface area contributed by atoms with Crippen LogP contribution in [0.15, 0.2) is 53.3 Å². The van der Waals surface area contributed by atoms with Gasteiger partial charge in [0.2, 0.25) is 5.91 Å². The Morgan fingerprint density at radius 3 is 2.57 bits per heavy atom. The van der Waals surface area contributed by atoms with Gasteiger partial charge in [-0.25, -0.2) is 0 Å². The fourth-order valence-corrected chi connectivity index (χ4v) is 2.43. The summed E-state index contributed by atoms with van der Waals surface area (Å²) in [7, 11) is 0. The molecular weight excluding hydrogens is 292 g/mol. The van der Waals surface area contributed by atoms with Crippen LogP contribution >= 0.6 is 0 Å². The zero-order valence-corrected chi connectivity index (χ0v) is 13.5. The van der Waals surface area contributed by atoms with Gasteiger partial charge in [-0.2, -0.15) is 0 Å². The molecule has 23 heavy (non-hydrogen) atoms. The summed E-state index contributed by atoms with van der Waals surface area (Å²) in [5.41, 5.74) is 1.27. The molecule has 1 atom stereocenters. The molecule has 2 aromatic rings. The zero-order chi connectivity index (χ0) is 16.7. The van der Waals surface area contributed by atoms with Crippen molar-refractivity contribution < 1.29 is 14.0 Å². The van der Waals surface area contributed by atoms with Crippen molar-refractivity contribution in [1.82, 2.24) is 4.90 Å². The van der Waals surface area contributed by atoms with Gasteiger partial charge in [-0.15, -0.1) is 0 Å². The van der Waals surface area contributed by atoms with Crippen LogP contribution in [0.3, 0.4) is 0 Å². The molecular formula is C18H22N2O3. The van der Waals surface area contributed by atoms with Gasteiger partial charge in [-0.3, -0.25) is 9.59 Å². The summed E-state index contributed by atoms with van der Waals surface area (Å²) >= 11 is 0. The van der Waals surface area contributed by atoms with Gasteiger partial charge in [0.25, 0.3) is 5.91 Å². The third-order valence-electron chi connectivity index (χ3n) is 3.56. The molecule has 1 aromatic heterocycles. The highest BCUT2D eigenvalue weighted by molar-refractivity contribution is 5.95. The number of carbonyl (C=O) groups is 2. The van der Waals surface area contributed by atoms with Crippen molar-refractivity contribution >= 4 is 17.5 Å². The largest absolute Gasteiger partial charge is 0.472 e. The molecule has 5 nitrogen and oxygen atoms in total. The molecule has 0 spiro atoms. The number of anilines is 1. The molecule has 2 rings (SSSR count). The van der Waals surface area contributed by atoms with E-state index in [1.54, 1.807) is 11.0 Å². The summed E-state index contributed by atoms with van der Waals surface area (Å²) in [6.45, 7) is 4.49. The zero-order valence-electron chi connectivity index (χ0n) is 13.5. The highest BCUT2D eigenvalue weighted by Crippen LogP contribution is 2.14. The minimum atomic E-state index is -0.193. The van der Waals surface area contributed by atoms with Crippen molar-refractivity contribution in [2.24, 2.45) is 0 Å². The SMILES string of the molecule is CCCN(C(=O)c1ccoc1)[C@@H](C)CC(=O)Nc1ccccc1. The van der Waals surface area contributed by atoms with E-state index in [0.29, 0.717) is 12.1 Å². The van der Waals surface area contributed by atoms with Crippen molar-refractivity contribution in [3.05, 3.63) is 54.5 Å². The fourth-order valence-electron chi connectivity index (χ4n) is 2.43. The maximum Gasteiger partial charge on any atom is 0.257 e. The van der Waals surface area contributed by atoms with Crippen LogP contribution in [0.25, 0.3) is 0 Å². The number of rotatable bonds is 7. The smallest absolute Gasteiger partial charge is 0.257 e. The van der Waals surface area contributed by atoms with Crippen molar-refractivity contribution in [3.63, 3.8) is 0 Å². The van der Waals surface area contributed by atoms with E-state index in [1.165, 1.54) is 12.5 Å². The molecule has 0 bridgehead atoms. The molecule has 0 saturated heterocycles. The first-order valence-corrected chi connectivity index (χ1v) is 7.80. The van der Waals surface area contributed by atoms with Crippen LogP contribution in [0.1, 0.15) is 37.0 Å². The first-order valence-electron chi connectivity index (χ1n) is 7.80. The molecule has 0 aliphatic carbocycles. The van der Waals surface area contributed by atoms with E-state index < -0.39 is 0 Å². The third-order valence-corrected chi connectivity index (χ3v) is 3.56. The van der Waals surface area contributed by atoms with Gasteiger partial charge in [-0.1, -0.05) is 25.1 Å². The van der Waals surface area contributed by atoms with E-state index in [1.807, 2.05) is 44.2 Å². The fraction of sp³-hybridized carbons (Fsp3) is 0.333. The van der Waals surface area contributed by atoms with Crippen LogP contribution in [-0.2, 0) is 4.79 Å². The average Bonchev–Trinajstić information content (AvgIpc) is 3.07. The van der Waals surface area contributed by atoms with E-state index in [4.69, 9.17) is 4.42 Å². The van der Waals surface area contributed by atoms with Gasteiger partial charge < -0.3 is 14.6 Å². The maximum atomic E-state index is 12.5. The number of para-hydroxylation sites is 1. The first-order chi connectivity index (χ1) is 11.1. The quantitative estimate of drug-likeness (QED) is 0.850. The number of furan rings is 1. The molecule has 0 aliphatic heterocycles. The van der Waals surface area contributed by atoms with Crippen molar-refractivity contribution in [2.75, 3.05) is 11.9 Å². The molecule has 1 aromatic carbocycles. The van der Waals surface area contributed by atoms with Gasteiger partial charge >= 0.3 is 0 Å². The first kappa shape index (κ1) is 16.8. The predicted octanol–water partition coefficient (Wildman–Crippen LogP) is 3.55. The van der Waals surface area contributed by atoms with Crippen LogP contribution in [0, 0.1) is 0 Å². The highest BCUT2D eigenvalue weighted by Gasteiger charge is 2.23. The van der Waals surface area contributed by atoms with Crippen LogP contribution in [0.4, 0.5) is 5.69 Å². The van der Waals surface area contributed by atoms with Gasteiger partial charge in [0.05, 0.1) is 11.8 Å². The summed E-state index contributed by atoms with van der Waals surface area (Å²) < 4.78 is 4.98. The Balaban J connectivity index is 1.99. The lowest BCUT2D eigenvalue weighted by Gasteiger charge is -2.28. The van der Waals surface area contributed by atoms with Gasteiger partial charge in [0, 0.05) is 24.7 Å². The van der Waals surface area contributed by atoms with Crippen LogP contribution in [-0.4, -0.2) is 29.3 Å². The Kier molecular flexibility index (Phi) is 5.97. The van der Waals surface area contributed by atoms with E-state index in [9.17, 15) is 9.59 Å².